The van der Waals surface area contributed by atoms with Crippen LogP contribution >= 0.6 is 0 Å². The van der Waals surface area contributed by atoms with Crippen molar-refractivity contribution in [2.24, 2.45) is 0 Å². The molecule has 2 rings (SSSR count). The molecular weight excluding hydrogens is 388 g/mol. The SMILES string of the molecule is Cc1cccc(CCCNC(=O)CN(c2ccc(OC(C)C)cc2)S(C)(=O)=O)c1. The molecule has 2 aromatic rings. The molecule has 0 atom stereocenters. The molecule has 2 aromatic carbocycles. The summed E-state index contributed by atoms with van der Waals surface area (Å²) in [4.78, 5) is 12.3. The Hall–Kier alpha value is -2.54. The smallest absolute Gasteiger partial charge is 0.240 e. The molecule has 0 heterocycles. The van der Waals surface area contributed by atoms with Crippen molar-refractivity contribution in [1.82, 2.24) is 5.32 Å². The topological polar surface area (TPSA) is 75.7 Å². The number of hydrogen-bond donors (Lipinski definition) is 1. The second-order valence-corrected chi connectivity index (χ2v) is 9.28. The first kappa shape index (κ1) is 22.7. The Morgan fingerprint density at radius 3 is 2.41 bits per heavy atom. The number of carbonyl (C=O) groups is 1. The summed E-state index contributed by atoms with van der Waals surface area (Å²) in [5, 5.41) is 2.81. The molecule has 0 spiro atoms. The highest BCUT2D eigenvalue weighted by Crippen LogP contribution is 2.22. The van der Waals surface area contributed by atoms with Gasteiger partial charge >= 0.3 is 0 Å². The highest BCUT2D eigenvalue weighted by atomic mass is 32.2. The minimum Gasteiger partial charge on any atom is -0.491 e. The minimum absolute atomic E-state index is 0.0254. The van der Waals surface area contributed by atoms with Gasteiger partial charge in [-0.15, -0.1) is 0 Å². The molecule has 1 N–H and O–H groups in total. The van der Waals surface area contributed by atoms with E-state index in [4.69, 9.17) is 4.74 Å². The molecule has 0 bridgehead atoms. The van der Waals surface area contributed by atoms with Crippen molar-refractivity contribution in [2.45, 2.75) is 39.7 Å². The highest BCUT2D eigenvalue weighted by Gasteiger charge is 2.20. The largest absolute Gasteiger partial charge is 0.491 e. The second-order valence-electron chi connectivity index (χ2n) is 7.37. The van der Waals surface area contributed by atoms with E-state index < -0.39 is 10.0 Å². The maximum absolute atomic E-state index is 12.3. The van der Waals surface area contributed by atoms with Crippen LogP contribution in [0, 0.1) is 6.92 Å². The zero-order valence-electron chi connectivity index (χ0n) is 17.5. The zero-order chi connectivity index (χ0) is 21.4. The molecule has 29 heavy (non-hydrogen) atoms. The lowest BCUT2D eigenvalue weighted by molar-refractivity contribution is -0.119. The van der Waals surface area contributed by atoms with Crippen LogP contribution in [0.5, 0.6) is 5.75 Å². The van der Waals surface area contributed by atoms with Crippen LogP contribution in [0.3, 0.4) is 0 Å². The van der Waals surface area contributed by atoms with E-state index in [1.54, 1.807) is 24.3 Å². The fourth-order valence-electron chi connectivity index (χ4n) is 2.94. The molecule has 1 amide bonds. The van der Waals surface area contributed by atoms with Crippen LogP contribution in [0.1, 0.15) is 31.4 Å². The van der Waals surface area contributed by atoms with Gasteiger partial charge < -0.3 is 10.1 Å². The Labute approximate surface area is 173 Å². The summed E-state index contributed by atoms with van der Waals surface area (Å²) in [6.45, 7) is 6.12. The standard InChI is InChI=1S/C22H30N2O4S/c1-17(2)28-21-12-10-20(11-13-21)24(29(4,26)27)16-22(25)23-14-6-9-19-8-5-7-18(3)15-19/h5,7-8,10-13,15,17H,6,9,14,16H2,1-4H3,(H,23,25). The van der Waals surface area contributed by atoms with Crippen LogP contribution in [0.25, 0.3) is 0 Å². The van der Waals surface area contributed by atoms with Gasteiger partial charge in [-0.05, 0) is 63.4 Å². The Morgan fingerprint density at radius 1 is 1.14 bits per heavy atom. The number of rotatable bonds is 10. The first-order valence-electron chi connectivity index (χ1n) is 9.72. The number of sulfonamides is 1. The maximum Gasteiger partial charge on any atom is 0.240 e. The number of nitrogens with zero attached hydrogens (tertiary/aromatic N) is 1. The molecule has 7 heteroatoms. The number of aryl methyl sites for hydroxylation is 2. The third-order valence-corrected chi connectivity index (χ3v) is 5.37. The molecule has 0 saturated heterocycles. The first-order valence-corrected chi connectivity index (χ1v) is 11.6. The van der Waals surface area contributed by atoms with Crippen molar-refractivity contribution in [3.8, 4) is 5.75 Å². The minimum atomic E-state index is -3.60. The number of amides is 1. The van der Waals surface area contributed by atoms with E-state index in [1.807, 2.05) is 32.9 Å². The van der Waals surface area contributed by atoms with Gasteiger partial charge in [-0.2, -0.15) is 0 Å². The maximum atomic E-state index is 12.3. The Bertz CT molecular complexity index is 909. The van der Waals surface area contributed by atoms with Gasteiger partial charge in [0, 0.05) is 6.54 Å². The molecular formula is C22H30N2O4S. The van der Waals surface area contributed by atoms with Crippen molar-refractivity contribution in [2.75, 3.05) is 23.7 Å². The van der Waals surface area contributed by atoms with Crippen molar-refractivity contribution >= 4 is 21.6 Å². The Balaban J connectivity index is 1.91. The van der Waals surface area contributed by atoms with Crippen molar-refractivity contribution < 1.29 is 17.9 Å². The predicted octanol–water partition coefficient (Wildman–Crippen LogP) is 3.30. The van der Waals surface area contributed by atoms with Gasteiger partial charge in [-0.3, -0.25) is 9.10 Å². The van der Waals surface area contributed by atoms with E-state index in [9.17, 15) is 13.2 Å². The van der Waals surface area contributed by atoms with E-state index in [1.165, 1.54) is 11.1 Å². The molecule has 0 saturated carbocycles. The Kier molecular flexibility index (Phi) is 8.08. The summed E-state index contributed by atoms with van der Waals surface area (Å²) in [7, 11) is -3.60. The van der Waals surface area contributed by atoms with Crippen LogP contribution in [0.15, 0.2) is 48.5 Å². The van der Waals surface area contributed by atoms with Crippen LogP contribution in [0.2, 0.25) is 0 Å². The number of benzene rings is 2. The van der Waals surface area contributed by atoms with Gasteiger partial charge in [-0.25, -0.2) is 8.42 Å². The van der Waals surface area contributed by atoms with Gasteiger partial charge in [0.15, 0.2) is 0 Å². The van der Waals surface area contributed by atoms with E-state index in [-0.39, 0.29) is 18.6 Å². The predicted molar refractivity (Wildman–Crippen MR) is 117 cm³/mol. The van der Waals surface area contributed by atoms with Gasteiger partial charge in [0.1, 0.15) is 12.3 Å². The van der Waals surface area contributed by atoms with Gasteiger partial charge in [-0.1, -0.05) is 29.8 Å². The number of anilines is 1. The number of hydrogen-bond acceptors (Lipinski definition) is 4. The molecule has 158 valence electrons. The molecule has 0 aliphatic heterocycles. The van der Waals surface area contributed by atoms with Crippen LogP contribution in [-0.4, -0.2) is 39.8 Å². The summed E-state index contributed by atoms with van der Waals surface area (Å²) in [6.07, 6.45) is 2.76. The average Bonchev–Trinajstić information content (AvgIpc) is 2.63. The van der Waals surface area contributed by atoms with E-state index in [0.29, 0.717) is 18.0 Å². The number of carbonyl (C=O) groups excluding carboxylic acids is 1. The molecule has 0 fully saturated rings. The van der Waals surface area contributed by atoms with Gasteiger partial charge in [0.25, 0.3) is 0 Å². The summed E-state index contributed by atoms with van der Waals surface area (Å²) < 4.78 is 31.1. The highest BCUT2D eigenvalue weighted by molar-refractivity contribution is 7.92. The molecule has 0 aliphatic carbocycles. The molecule has 0 aromatic heterocycles. The van der Waals surface area contributed by atoms with E-state index in [2.05, 4.69) is 17.4 Å². The van der Waals surface area contributed by atoms with Crippen molar-refractivity contribution in [1.29, 1.82) is 0 Å². The van der Waals surface area contributed by atoms with Crippen molar-refractivity contribution in [3.63, 3.8) is 0 Å². The molecule has 0 radical (unpaired) electrons. The third-order valence-electron chi connectivity index (χ3n) is 4.23. The summed E-state index contributed by atoms with van der Waals surface area (Å²) in [5.74, 6) is 0.319. The lowest BCUT2D eigenvalue weighted by Crippen LogP contribution is -2.40. The van der Waals surface area contributed by atoms with E-state index >= 15 is 0 Å². The van der Waals surface area contributed by atoms with Crippen LogP contribution in [0.4, 0.5) is 5.69 Å². The lowest BCUT2D eigenvalue weighted by Gasteiger charge is -2.22. The fraction of sp³-hybridized carbons (Fsp3) is 0.409. The fourth-order valence-corrected chi connectivity index (χ4v) is 3.79. The monoisotopic (exact) mass is 418 g/mol. The quantitative estimate of drug-likeness (QED) is 0.601. The summed E-state index contributed by atoms with van der Waals surface area (Å²) in [6, 6.07) is 14.9. The zero-order valence-corrected chi connectivity index (χ0v) is 18.3. The summed E-state index contributed by atoms with van der Waals surface area (Å²) >= 11 is 0. The number of ether oxygens (including phenoxy) is 1. The molecule has 6 nitrogen and oxygen atoms in total. The normalized spacial score (nSPS) is 11.3. The van der Waals surface area contributed by atoms with Crippen LogP contribution in [-0.2, 0) is 21.2 Å². The summed E-state index contributed by atoms with van der Waals surface area (Å²) in [5.41, 5.74) is 2.86. The number of nitrogens with one attached hydrogen (secondary N) is 1. The van der Waals surface area contributed by atoms with E-state index in [0.717, 1.165) is 23.4 Å². The Morgan fingerprint density at radius 2 is 1.83 bits per heavy atom. The van der Waals surface area contributed by atoms with Crippen molar-refractivity contribution in [3.05, 3.63) is 59.7 Å². The second kappa shape index (κ2) is 10.3. The molecule has 0 aliphatic rings. The average molecular weight is 419 g/mol. The van der Waals surface area contributed by atoms with Crippen LogP contribution < -0.4 is 14.4 Å². The first-order chi connectivity index (χ1) is 13.6. The van der Waals surface area contributed by atoms with Gasteiger partial charge in [0.2, 0.25) is 15.9 Å². The third kappa shape index (κ3) is 7.77. The molecule has 0 unspecified atom stereocenters. The van der Waals surface area contributed by atoms with Gasteiger partial charge in [0.05, 0.1) is 18.0 Å². The lowest BCUT2D eigenvalue weighted by atomic mass is 10.1.